The van der Waals surface area contributed by atoms with Crippen molar-refractivity contribution in [3.05, 3.63) is 68.8 Å². The first-order valence-corrected chi connectivity index (χ1v) is 8.17. The third-order valence-corrected chi connectivity index (χ3v) is 3.69. The summed E-state index contributed by atoms with van der Waals surface area (Å²) in [6.07, 6.45) is 0.272. The number of aromatic nitrogens is 4. The number of amides is 1. The highest BCUT2D eigenvalue weighted by molar-refractivity contribution is 5.75. The van der Waals surface area contributed by atoms with E-state index < -0.39 is 11.4 Å². The van der Waals surface area contributed by atoms with Crippen LogP contribution in [-0.2, 0) is 17.8 Å². The van der Waals surface area contributed by atoms with Gasteiger partial charge in [0.1, 0.15) is 5.82 Å². The maximum Gasteiger partial charge on any atom is 0.265 e. The molecule has 27 heavy (non-hydrogen) atoms. The zero-order valence-corrected chi connectivity index (χ0v) is 14.1. The molecule has 1 amide bonds. The highest BCUT2D eigenvalue weighted by atomic mass is 19.1. The lowest BCUT2D eigenvalue weighted by Gasteiger charge is -2.06. The van der Waals surface area contributed by atoms with Crippen LogP contribution in [0.2, 0.25) is 0 Å². The fraction of sp³-hybridized carbons (Fsp3) is 0.235. The van der Waals surface area contributed by atoms with Gasteiger partial charge in [-0.05, 0) is 12.1 Å². The number of H-pyrrole nitrogens is 1. The minimum absolute atomic E-state index is 0.0825. The maximum absolute atomic E-state index is 13.7. The first-order chi connectivity index (χ1) is 13.0. The Kier molecular flexibility index (Phi) is 5.55. The van der Waals surface area contributed by atoms with Crippen LogP contribution in [0.1, 0.15) is 12.3 Å². The standard InChI is InChI=1S/C17H16FN5O4/c18-12-4-2-1-3-11(12)17-20-15(27-22-17)7-5-13(24)19-9-10-23-16(26)8-6-14(25)21-23/h1-4,6,8H,5,7,9-10H2,(H,19,24)(H,21,25). The van der Waals surface area contributed by atoms with Gasteiger partial charge in [-0.25, -0.2) is 9.07 Å². The minimum Gasteiger partial charge on any atom is -0.354 e. The van der Waals surface area contributed by atoms with Gasteiger partial charge < -0.3 is 9.84 Å². The summed E-state index contributed by atoms with van der Waals surface area (Å²) >= 11 is 0. The van der Waals surface area contributed by atoms with Crippen molar-refractivity contribution in [2.24, 2.45) is 0 Å². The molecule has 10 heteroatoms. The van der Waals surface area contributed by atoms with Crippen molar-refractivity contribution in [1.82, 2.24) is 25.2 Å². The average molecular weight is 373 g/mol. The normalized spacial score (nSPS) is 10.7. The molecule has 0 aliphatic carbocycles. The fourth-order valence-electron chi connectivity index (χ4n) is 2.35. The molecule has 9 nitrogen and oxygen atoms in total. The van der Waals surface area contributed by atoms with Gasteiger partial charge in [-0.2, -0.15) is 4.98 Å². The summed E-state index contributed by atoms with van der Waals surface area (Å²) in [5.41, 5.74) is -0.544. The lowest BCUT2D eigenvalue weighted by molar-refractivity contribution is -0.121. The van der Waals surface area contributed by atoms with Gasteiger partial charge in [0, 0.05) is 31.5 Å². The second kappa shape index (κ2) is 8.21. The maximum atomic E-state index is 13.7. The number of benzene rings is 1. The Balaban J connectivity index is 1.48. The van der Waals surface area contributed by atoms with Crippen LogP contribution < -0.4 is 16.4 Å². The summed E-state index contributed by atoms with van der Waals surface area (Å²) in [6, 6.07) is 8.34. The Bertz CT molecular complexity index is 1060. The summed E-state index contributed by atoms with van der Waals surface area (Å²) in [5.74, 6) is -0.410. The highest BCUT2D eigenvalue weighted by Gasteiger charge is 2.13. The van der Waals surface area contributed by atoms with E-state index in [0.29, 0.717) is 0 Å². The lowest BCUT2D eigenvalue weighted by atomic mass is 10.2. The second-order valence-corrected chi connectivity index (χ2v) is 5.64. The zero-order chi connectivity index (χ0) is 19.2. The van der Waals surface area contributed by atoms with Gasteiger partial charge in [0.25, 0.3) is 11.1 Å². The van der Waals surface area contributed by atoms with E-state index >= 15 is 0 Å². The van der Waals surface area contributed by atoms with E-state index in [0.717, 1.165) is 16.8 Å². The Morgan fingerprint density at radius 2 is 2.04 bits per heavy atom. The molecular weight excluding hydrogens is 357 g/mol. The zero-order valence-electron chi connectivity index (χ0n) is 14.1. The number of nitrogens with zero attached hydrogens (tertiary/aromatic N) is 3. The molecule has 3 aromatic rings. The molecule has 2 aromatic heterocycles. The Morgan fingerprint density at radius 1 is 1.22 bits per heavy atom. The van der Waals surface area contributed by atoms with Crippen molar-refractivity contribution < 1.29 is 13.7 Å². The first kappa shape index (κ1) is 18.2. The van der Waals surface area contributed by atoms with Crippen LogP contribution in [0.5, 0.6) is 0 Å². The van der Waals surface area contributed by atoms with Crippen LogP contribution in [0.25, 0.3) is 11.4 Å². The Morgan fingerprint density at radius 3 is 2.85 bits per heavy atom. The van der Waals surface area contributed by atoms with Gasteiger partial charge in [-0.15, -0.1) is 0 Å². The summed E-state index contributed by atoms with van der Waals surface area (Å²) in [6.45, 7) is 0.307. The van der Waals surface area contributed by atoms with Crippen LogP contribution in [0.3, 0.4) is 0 Å². The highest BCUT2D eigenvalue weighted by Crippen LogP contribution is 2.19. The van der Waals surface area contributed by atoms with Crippen LogP contribution in [-0.4, -0.2) is 32.4 Å². The molecule has 140 valence electrons. The number of carbonyl (C=O) groups excluding carboxylic acids is 1. The van der Waals surface area contributed by atoms with E-state index in [9.17, 15) is 18.8 Å². The lowest BCUT2D eigenvalue weighted by Crippen LogP contribution is -2.34. The van der Waals surface area contributed by atoms with Gasteiger partial charge in [-0.3, -0.25) is 19.5 Å². The van der Waals surface area contributed by atoms with Gasteiger partial charge in [0.15, 0.2) is 0 Å². The molecule has 0 atom stereocenters. The van der Waals surface area contributed by atoms with Gasteiger partial charge in [0.05, 0.1) is 12.1 Å². The van der Waals surface area contributed by atoms with E-state index in [2.05, 4.69) is 20.6 Å². The quantitative estimate of drug-likeness (QED) is 0.621. The molecule has 2 heterocycles. The largest absolute Gasteiger partial charge is 0.354 e. The molecule has 2 N–H and O–H groups in total. The fourth-order valence-corrected chi connectivity index (χ4v) is 2.35. The van der Waals surface area contributed by atoms with Crippen LogP contribution >= 0.6 is 0 Å². The third-order valence-electron chi connectivity index (χ3n) is 3.69. The molecular formula is C17H16FN5O4. The van der Waals surface area contributed by atoms with Gasteiger partial charge in [-0.1, -0.05) is 17.3 Å². The van der Waals surface area contributed by atoms with E-state index in [1.165, 1.54) is 12.1 Å². The molecule has 0 spiro atoms. The molecule has 3 rings (SSSR count). The van der Waals surface area contributed by atoms with Crippen molar-refractivity contribution in [2.45, 2.75) is 19.4 Å². The molecule has 0 saturated heterocycles. The summed E-state index contributed by atoms with van der Waals surface area (Å²) < 4.78 is 19.8. The monoisotopic (exact) mass is 373 g/mol. The first-order valence-electron chi connectivity index (χ1n) is 8.17. The predicted molar refractivity (Wildman–Crippen MR) is 92.3 cm³/mol. The number of carbonyl (C=O) groups is 1. The molecule has 0 bridgehead atoms. The van der Waals surface area contributed by atoms with E-state index in [1.807, 2.05) is 0 Å². The van der Waals surface area contributed by atoms with Crippen molar-refractivity contribution >= 4 is 5.91 Å². The molecule has 0 aliphatic heterocycles. The second-order valence-electron chi connectivity index (χ2n) is 5.64. The number of aromatic amines is 1. The Labute approximate surface area is 151 Å². The molecule has 0 radical (unpaired) electrons. The van der Waals surface area contributed by atoms with Crippen molar-refractivity contribution in [3.8, 4) is 11.4 Å². The topological polar surface area (TPSA) is 123 Å². The van der Waals surface area contributed by atoms with Crippen LogP contribution in [0.15, 0.2) is 50.5 Å². The van der Waals surface area contributed by atoms with Gasteiger partial charge >= 0.3 is 0 Å². The molecule has 0 fully saturated rings. The predicted octanol–water partition coefficient (Wildman–Crippen LogP) is 0.475. The number of aryl methyl sites for hydroxylation is 1. The number of hydrogen-bond acceptors (Lipinski definition) is 6. The number of halogens is 1. The number of nitrogens with one attached hydrogen (secondary N) is 2. The van der Waals surface area contributed by atoms with Crippen molar-refractivity contribution in [3.63, 3.8) is 0 Å². The molecule has 1 aromatic carbocycles. The van der Waals surface area contributed by atoms with Crippen LogP contribution in [0.4, 0.5) is 4.39 Å². The third kappa shape index (κ3) is 4.75. The average Bonchev–Trinajstić information content (AvgIpc) is 3.12. The molecule has 0 aliphatic rings. The molecule has 0 saturated carbocycles. The van der Waals surface area contributed by atoms with Crippen LogP contribution in [0, 0.1) is 5.82 Å². The van der Waals surface area contributed by atoms with E-state index in [4.69, 9.17) is 4.52 Å². The van der Waals surface area contributed by atoms with E-state index in [1.54, 1.807) is 12.1 Å². The van der Waals surface area contributed by atoms with E-state index in [-0.39, 0.29) is 54.7 Å². The summed E-state index contributed by atoms with van der Waals surface area (Å²) in [4.78, 5) is 38.7. The van der Waals surface area contributed by atoms with Crippen molar-refractivity contribution in [2.75, 3.05) is 6.54 Å². The number of hydrogen-bond donors (Lipinski definition) is 2. The smallest absolute Gasteiger partial charge is 0.265 e. The summed E-state index contributed by atoms with van der Waals surface area (Å²) in [5, 5.41) is 8.70. The number of rotatable bonds is 7. The summed E-state index contributed by atoms with van der Waals surface area (Å²) in [7, 11) is 0. The molecule has 0 unspecified atom stereocenters. The Hall–Kier alpha value is -3.56. The SMILES string of the molecule is O=C(CCc1nc(-c2ccccc2F)no1)NCCn1[nH]c(=O)ccc1=O. The minimum atomic E-state index is -0.461. The van der Waals surface area contributed by atoms with Crippen molar-refractivity contribution in [1.29, 1.82) is 0 Å². The van der Waals surface area contributed by atoms with Gasteiger partial charge in [0.2, 0.25) is 17.6 Å².